The van der Waals surface area contributed by atoms with E-state index in [1.54, 1.807) is 28.8 Å². The number of aliphatic carboxylic acids is 1. The summed E-state index contributed by atoms with van der Waals surface area (Å²) in [6, 6.07) is 37.1. The first kappa shape index (κ1) is 43.2. The van der Waals surface area contributed by atoms with E-state index < -0.39 is 23.4 Å². The molecule has 62 heavy (non-hydrogen) atoms. The van der Waals surface area contributed by atoms with Crippen LogP contribution in [-0.4, -0.2) is 57.2 Å². The average molecular weight is 866 g/mol. The van der Waals surface area contributed by atoms with E-state index in [1.807, 2.05) is 122 Å². The Labute approximate surface area is 372 Å². The lowest BCUT2D eigenvalue weighted by atomic mass is 9.59. The predicted octanol–water partition coefficient (Wildman–Crippen LogP) is 8.90. The topological polar surface area (TPSA) is 139 Å². The first-order chi connectivity index (χ1) is 30.0. The molecule has 6 unspecified atom stereocenters. The standard InChI is InChI=1S/C51H51N3O6S2/c1-3-33-19-21-41(22-20-33)54-26-25-34(48(54)57)27-35(30-61)45(49(58)59)44-32(2)42(47(44)56)23-24-43(55)46(36-28-40-29-50(40,52)62-31-36)53-60-51(37-13-7-4-8-14-37,38-15-9-5-10-16-38)39-17-11-6-12-18-39/h3-22,27,32,36,40,42,44,61H,1,23-26,28-31,52H2,2H3,(H,58,59)/b34-27+,45-35+,53-46-. The van der Waals surface area contributed by atoms with E-state index in [0.29, 0.717) is 42.0 Å². The van der Waals surface area contributed by atoms with Crippen molar-refractivity contribution in [2.24, 2.45) is 40.5 Å². The zero-order valence-corrected chi connectivity index (χ0v) is 36.4. The van der Waals surface area contributed by atoms with Crippen molar-refractivity contribution in [2.45, 2.75) is 49.5 Å². The zero-order chi connectivity index (χ0) is 43.6. The van der Waals surface area contributed by atoms with Crippen molar-refractivity contribution in [3.05, 3.63) is 167 Å². The summed E-state index contributed by atoms with van der Waals surface area (Å²) in [5.41, 5.74) is 10.7. The Balaban J connectivity index is 1.05. The minimum absolute atomic E-state index is 0.0346. The maximum absolute atomic E-state index is 14.6. The predicted molar refractivity (Wildman–Crippen MR) is 249 cm³/mol. The van der Waals surface area contributed by atoms with E-state index in [1.165, 1.54) is 0 Å². The molecule has 0 radical (unpaired) electrons. The number of anilines is 1. The first-order valence-corrected chi connectivity index (χ1v) is 22.9. The summed E-state index contributed by atoms with van der Waals surface area (Å²) in [5, 5.41) is 15.4. The number of carboxylic acids is 1. The van der Waals surface area contributed by atoms with Gasteiger partial charge in [-0.15, -0.1) is 11.8 Å². The number of carbonyl (C=O) groups is 4. The highest BCUT2D eigenvalue weighted by molar-refractivity contribution is 8.01. The summed E-state index contributed by atoms with van der Waals surface area (Å²) in [6.45, 7) is 6.10. The normalized spacial score (nSPS) is 25.7. The Morgan fingerprint density at radius 3 is 2.08 bits per heavy atom. The largest absolute Gasteiger partial charge is 0.478 e. The molecule has 11 heteroatoms. The van der Waals surface area contributed by atoms with E-state index in [4.69, 9.17) is 15.7 Å². The molecule has 2 saturated carbocycles. The third-order valence-corrected chi connectivity index (χ3v) is 15.1. The number of ketones is 2. The lowest BCUT2D eigenvalue weighted by Crippen LogP contribution is -2.49. The molecule has 0 aromatic heterocycles. The van der Waals surface area contributed by atoms with Crippen LogP contribution < -0.4 is 10.6 Å². The Morgan fingerprint density at radius 2 is 1.56 bits per heavy atom. The second-order valence-corrected chi connectivity index (χ2v) is 18.5. The van der Waals surface area contributed by atoms with Gasteiger partial charge in [0.25, 0.3) is 5.91 Å². The van der Waals surface area contributed by atoms with Crippen molar-refractivity contribution in [1.29, 1.82) is 0 Å². The molecule has 2 saturated heterocycles. The Bertz CT molecular complexity index is 2360. The number of allylic oxidation sites excluding steroid dienone is 1. The second kappa shape index (κ2) is 18.1. The highest BCUT2D eigenvalue weighted by Gasteiger charge is 2.56. The van der Waals surface area contributed by atoms with Crippen LogP contribution in [0.25, 0.3) is 6.08 Å². The molecule has 9 nitrogen and oxygen atoms in total. The third kappa shape index (κ3) is 8.25. The van der Waals surface area contributed by atoms with E-state index in [-0.39, 0.29) is 64.3 Å². The molecule has 2 aliphatic heterocycles. The molecule has 4 aliphatic rings. The highest BCUT2D eigenvalue weighted by atomic mass is 32.2. The molecule has 6 atom stereocenters. The molecule has 3 N–H and O–H groups in total. The van der Waals surface area contributed by atoms with Crippen molar-refractivity contribution in [1.82, 2.24) is 0 Å². The van der Waals surface area contributed by atoms with Crippen molar-refractivity contribution < 1.29 is 29.1 Å². The Kier molecular flexibility index (Phi) is 12.6. The average Bonchev–Trinajstić information content (AvgIpc) is 3.86. The van der Waals surface area contributed by atoms with Crippen LogP contribution in [-0.2, 0) is 29.6 Å². The van der Waals surface area contributed by atoms with Gasteiger partial charge in [-0.05, 0) is 66.9 Å². The van der Waals surface area contributed by atoms with Crippen LogP contribution >= 0.6 is 24.4 Å². The fourth-order valence-corrected chi connectivity index (χ4v) is 11.3. The molecule has 4 aromatic rings. The maximum Gasteiger partial charge on any atom is 0.332 e. The molecule has 2 aliphatic carbocycles. The molecule has 8 rings (SSSR count). The van der Waals surface area contributed by atoms with Crippen LogP contribution in [0.2, 0.25) is 0 Å². The fraction of sp³-hybridized carbons (Fsp3) is 0.314. The van der Waals surface area contributed by atoms with Gasteiger partial charge in [-0.2, -0.15) is 12.6 Å². The molecule has 1 amide bonds. The SMILES string of the molecule is C=Cc1ccc(N2CC/C(=C\C(CS)=C(/C(=O)O)C3C(=O)C(CCC(=O)/C(=N\OC(c4ccccc4)(c4ccccc4)c4ccccc4)C4CSC5(N)CC5C4)C3C)C2=O)cc1. The van der Waals surface area contributed by atoms with Crippen LogP contribution in [0.3, 0.4) is 0 Å². The lowest BCUT2D eigenvalue weighted by molar-refractivity contribution is -0.145. The van der Waals surface area contributed by atoms with Crippen LogP contribution in [0.1, 0.15) is 61.3 Å². The number of nitrogens with two attached hydrogens (primary N) is 1. The van der Waals surface area contributed by atoms with Gasteiger partial charge >= 0.3 is 5.97 Å². The number of fused-ring (bicyclic) bond motifs is 1. The minimum atomic E-state index is -1.22. The number of thiol groups is 1. The van der Waals surface area contributed by atoms with Gasteiger partial charge in [0.2, 0.25) is 5.60 Å². The molecule has 318 valence electrons. The summed E-state index contributed by atoms with van der Waals surface area (Å²) >= 11 is 6.15. The number of oxime groups is 1. The van der Waals surface area contributed by atoms with Gasteiger partial charge in [0.1, 0.15) is 11.5 Å². The number of thioether (sulfide) groups is 1. The zero-order valence-electron chi connectivity index (χ0n) is 34.7. The van der Waals surface area contributed by atoms with Gasteiger partial charge in [0, 0.05) is 64.3 Å². The summed E-state index contributed by atoms with van der Waals surface area (Å²) in [4.78, 5) is 63.3. The maximum atomic E-state index is 14.6. The highest BCUT2D eigenvalue weighted by Crippen LogP contribution is 2.57. The first-order valence-electron chi connectivity index (χ1n) is 21.2. The summed E-state index contributed by atoms with van der Waals surface area (Å²) < 4.78 is 0. The summed E-state index contributed by atoms with van der Waals surface area (Å²) in [5.74, 6) is -2.93. The molecular formula is C51H51N3O6S2. The second-order valence-electron chi connectivity index (χ2n) is 16.8. The summed E-state index contributed by atoms with van der Waals surface area (Å²) in [6.07, 6.45) is 5.64. The third-order valence-electron chi connectivity index (χ3n) is 13.2. The number of rotatable bonds is 16. The van der Waals surface area contributed by atoms with Gasteiger partial charge in [-0.3, -0.25) is 14.4 Å². The number of carbonyl (C=O) groups excluding carboxylic acids is 3. The quantitative estimate of drug-likeness (QED) is 0.0334. The van der Waals surface area contributed by atoms with Crippen LogP contribution in [0.4, 0.5) is 5.69 Å². The van der Waals surface area contributed by atoms with E-state index >= 15 is 0 Å². The molecular weight excluding hydrogens is 815 g/mol. The van der Waals surface area contributed by atoms with Crippen LogP contribution in [0.5, 0.6) is 0 Å². The molecule has 2 heterocycles. The molecule has 4 aromatic carbocycles. The van der Waals surface area contributed by atoms with Crippen LogP contribution in [0.15, 0.2) is 150 Å². The van der Waals surface area contributed by atoms with Crippen molar-refractivity contribution in [3.63, 3.8) is 0 Å². The van der Waals surface area contributed by atoms with Crippen LogP contribution in [0, 0.1) is 29.6 Å². The van der Waals surface area contributed by atoms with Gasteiger partial charge in [0.05, 0.1) is 16.4 Å². The van der Waals surface area contributed by atoms with E-state index in [9.17, 15) is 24.3 Å². The van der Waals surface area contributed by atoms with Gasteiger partial charge in [0.15, 0.2) is 5.78 Å². The van der Waals surface area contributed by atoms with Gasteiger partial charge in [-0.25, -0.2) is 4.79 Å². The molecule has 4 fully saturated rings. The Hall–Kier alpha value is -5.49. The monoisotopic (exact) mass is 865 g/mol. The molecule has 0 spiro atoms. The van der Waals surface area contributed by atoms with E-state index in [0.717, 1.165) is 34.4 Å². The van der Waals surface area contributed by atoms with E-state index in [2.05, 4.69) is 19.2 Å². The van der Waals surface area contributed by atoms with Crippen molar-refractivity contribution in [2.75, 3.05) is 23.0 Å². The number of carboxylic acid groups (broad SMARTS) is 1. The number of hydrogen-bond acceptors (Lipinski definition) is 9. The lowest BCUT2D eigenvalue weighted by Gasteiger charge is -2.42. The minimum Gasteiger partial charge on any atom is -0.478 e. The smallest absolute Gasteiger partial charge is 0.332 e. The summed E-state index contributed by atoms with van der Waals surface area (Å²) in [7, 11) is 0. The Morgan fingerprint density at radius 1 is 0.968 bits per heavy atom. The van der Waals surface area contributed by atoms with Crippen molar-refractivity contribution >= 4 is 65.3 Å². The number of amides is 1. The molecule has 0 bridgehead atoms. The van der Waals surface area contributed by atoms with Gasteiger partial charge < -0.3 is 20.6 Å². The number of nitrogens with zero attached hydrogens (tertiary/aromatic N) is 2. The fourth-order valence-electron chi connectivity index (χ4n) is 9.55. The number of benzene rings is 4. The number of Topliss-reactive ketones (excluding diaryl/α,β-unsaturated/α-hetero) is 2. The van der Waals surface area contributed by atoms with Crippen molar-refractivity contribution in [3.8, 4) is 0 Å². The number of hydrogen-bond donors (Lipinski definition) is 3. The van der Waals surface area contributed by atoms with Gasteiger partial charge in [-0.1, -0.05) is 128 Å².